The van der Waals surface area contributed by atoms with E-state index in [-0.39, 0.29) is 12.6 Å². The van der Waals surface area contributed by atoms with Crippen LogP contribution in [0.5, 0.6) is 0 Å². The van der Waals surface area contributed by atoms with Gasteiger partial charge < -0.3 is 20.3 Å². The van der Waals surface area contributed by atoms with Gasteiger partial charge >= 0.3 is 12.1 Å². The summed E-state index contributed by atoms with van der Waals surface area (Å²) in [4.78, 5) is 23.5. The molecule has 1 atom stereocenters. The SMILES string of the molecule is Cc1cc(Nc2nccc(C(F)(F)F)n2)cc(-c2cnc(C(C)(O)COC(C)(C)C(=O)O)s2)c1. The zero-order valence-electron chi connectivity index (χ0n) is 18.8. The molecule has 34 heavy (non-hydrogen) atoms. The van der Waals surface area contributed by atoms with Gasteiger partial charge in [0, 0.05) is 18.1 Å². The molecule has 2 aromatic heterocycles. The van der Waals surface area contributed by atoms with Crippen LogP contribution in [0.25, 0.3) is 10.4 Å². The summed E-state index contributed by atoms with van der Waals surface area (Å²) in [6.07, 6.45) is -2.01. The zero-order chi connectivity index (χ0) is 25.3. The normalized spacial score (nSPS) is 14.0. The number of carboxylic acid groups (broad SMARTS) is 1. The van der Waals surface area contributed by atoms with Crippen LogP contribution in [-0.4, -0.2) is 43.3 Å². The maximum Gasteiger partial charge on any atom is 0.433 e. The third-order valence-electron chi connectivity index (χ3n) is 4.76. The number of anilines is 2. The highest BCUT2D eigenvalue weighted by Crippen LogP contribution is 2.35. The van der Waals surface area contributed by atoms with E-state index in [2.05, 4.69) is 20.3 Å². The van der Waals surface area contributed by atoms with Gasteiger partial charge in [0.15, 0.2) is 5.60 Å². The summed E-state index contributed by atoms with van der Waals surface area (Å²) in [5.74, 6) is -1.36. The van der Waals surface area contributed by atoms with Crippen LogP contribution in [-0.2, 0) is 21.3 Å². The van der Waals surface area contributed by atoms with Gasteiger partial charge in [0.05, 0.1) is 11.5 Å². The number of aromatic nitrogens is 3. The first-order chi connectivity index (χ1) is 15.7. The number of thiazole rings is 1. The number of nitrogens with one attached hydrogen (secondary N) is 1. The van der Waals surface area contributed by atoms with Crippen molar-refractivity contribution >= 4 is 28.9 Å². The van der Waals surface area contributed by atoms with Crippen LogP contribution in [0, 0.1) is 6.92 Å². The van der Waals surface area contributed by atoms with Gasteiger partial charge in [-0.05, 0) is 57.0 Å². The average molecular weight is 497 g/mol. The highest BCUT2D eigenvalue weighted by molar-refractivity contribution is 7.15. The highest BCUT2D eigenvalue weighted by atomic mass is 32.1. The standard InChI is InChI=1S/C22H23F3N4O4S/c1-12-7-13(9-14(8-12)28-19-26-6-5-16(29-19)22(23,24)25)15-10-27-17(34-15)21(4,32)11-33-20(2,3)18(30)31/h5-10,32H,11H2,1-4H3,(H,30,31)(H,26,28,29). The number of aliphatic carboxylic acids is 1. The maximum atomic E-state index is 12.9. The molecule has 8 nitrogen and oxygen atoms in total. The molecule has 3 aromatic rings. The molecule has 1 unspecified atom stereocenters. The monoisotopic (exact) mass is 496 g/mol. The lowest BCUT2D eigenvalue weighted by molar-refractivity contribution is -0.169. The molecule has 0 spiro atoms. The topological polar surface area (TPSA) is 117 Å². The minimum absolute atomic E-state index is 0.197. The van der Waals surface area contributed by atoms with Gasteiger partial charge in [0.25, 0.3) is 0 Å². The Bertz CT molecular complexity index is 1190. The molecule has 182 valence electrons. The first kappa shape index (κ1) is 25.5. The molecular weight excluding hydrogens is 473 g/mol. The Labute approximate surface area is 197 Å². The zero-order valence-corrected chi connectivity index (χ0v) is 19.6. The molecule has 0 aliphatic heterocycles. The first-order valence-electron chi connectivity index (χ1n) is 10.0. The molecule has 0 amide bonds. The minimum Gasteiger partial charge on any atom is -0.479 e. The van der Waals surface area contributed by atoms with Crippen LogP contribution in [0.15, 0.2) is 36.7 Å². The summed E-state index contributed by atoms with van der Waals surface area (Å²) in [6.45, 7) is 5.78. The number of rotatable bonds is 8. The predicted octanol–water partition coefficient (Wildman–Crippen LogP) is 4.76. The van der Waals surface area contributed by atoms with Gasteiger partial charge in [-0.1, -0.05) is 6.07 Å². The second-order valence-electron chi connectivity index (χ2n) is 8.38. The summed E-state index contributed by atoms with van der Waals surface area (Å²) >= 11 is 1.19. The number of benzene rings is 1. The van der Waals surface area contributed by atoms with Gasteiger partial charge in [0.2, 0.25) is 5.95 Å². The second kappa shape index (κ2) is 9.28. The Hall–Kier alpha value is -3.09. The number of alkyl halides is 3. The third kappa shape index (κ3) is 6.07. The average Bonchev–Trinajstić information content (AvgIpc) is 3.23. The number of hydrogen-bond acceptors (Lipinski definition) is 8. The van der Waals surface area contributed by atoms with E-state index in [0.717, 1.165) is 17.8 Å². The van der Waals surface area contributed by atoms with E-state index < -0.39 is 29.0 Å². The number of nitrogens with zero attached hydrogens (tertiary/aromatic N) is 3. The molecule has 0 saturated heterocycles. The summed E-state index contributed by atoms with van der Waals surface area (Å²) < 4.78 is 44.2. The molecule has 0 radical (unpaired) electrons. The van der Waals surface area contributed by atoms with E-state index in [0.29, 0.717) is 21.1 Å². The fourth-order valence-corrected chi connectivity index (χ4v) is 3.74. The van der Waals surface area contributed by atoms with Crippen molar-refractivity contribution in [1.82, 2.24) is 15.0 Å². The molecule has 0 saturated carbocycles. The molecular formula is C22H23F3N4O4S. The van der Waals surface area contributed by atoms with Crippen molar-refractivity contribution in [3.05, 3.63) is 52.9 Å². The number of carbonyl (C=O) groups is 1. The third-order valence-corrected chi connectivity index (χ3v) is 6.06. The fraction of sp³-hybridized carbons (Fsp3) is 0.364. The molecule has 0 bridgehead atoms. The van der Waals surface area contributed by atoms with Crippen molar-refractivity contribution in [3.8, 4) is 10.4 Å². The van der Waals surface area contributed by atoms with Crippen LogP contribution in [0.1, 0.15) is 37.0 Å². The molecule has 2 heterocycles. The predicted molar refractivity (Wildman–Crippen MR) is 120 cm³/mol. The van der Waals surface area contributed by atoms with Gasteiger partial charge in [-0.2, -0.15) is 13.2 Å². The fourth-order valence-electron chi connectivity index (χ4n) is 2.80. The largest absolute Gasteiger partial charge is 0.479 e. The highest BCUT2D eigenvalue weighted by Gasteiger charge is 2.35. The smallest absolute Gasteiger partial charge is 0.433 e. The number of aryl methyl sites for hydroxylation is 1. The van der Waals surface area contributed by atoms with Crippen LogP contribution in [0.2, 0.25) is 0 Å². The van der Waals surface area contributed by atoms with E-state index in [1.807, 2.05) is 13.0 Å². The number of aliphatic hydroxyl groups is 1. The Morgan fingerprint density at radius 1 is 1.18 bits per heavy atom. The van der Waals surface area contributed by atoms with Gasteiger partial charge in [-0.15, -0.1) is 11.3 Å². The molecule has 1 aromatic carbocycles. The van der Waals surface area contributed by atoms with E-state index >= 15 is 0 Å². The molecule has 3 N–H and O–H groups in total. The molecule has 12 heteroatoms. The first-order valence-corrected chi connectivity index (χ1v) is 10.8. The molecule has 3 rings (SSSR count). The molecule has 0 fully saturated rings. The Morgan fingerprint density at radius 2 is 1.88 bits per heavy atom. The van der Waals surface area contributed by atoms with Crippen LogP contribution < -0.4 is 5.32 Å². The molecule has 0 aliphatic carbocycles. The van der Waals surface area contributed by atoms with E-state index in [1.54, 1.807) is 18.3 Å². The minimum atomic E-state index is -4.59. The van der Waals surface area contributed by atoms with Crippen LogP contribution >= 0.6 is 11.3 Å². The van der Waals surface area contributed by atoms with Crippen molar-refractivity contribution in [2.24, 2.45) is 0 Å². The summed E-state index contributed by atoms with van der Waals surface area (Å²) in [7, 11) is 0. The lowest BCUT2D eigenvalue weighted by Gasteiger charge is -2.26. The Balaban J connectivity index is 1.82. The Kier molecular flexibility index (Phi) is 6.97. The lowest BCUT2D eigenvalue weighted by Crippen LogP contribution is -2.40. The molecule has 0 aliphatic rings. The number of hydrogen-bond donors (Lipinski definition) is 3. The number of ether oxygens (including phenoxy) is 1. The second-order valence-corrected chi connectivity index (χ2v) is 9.41. The van der Waals surface area contributed by atoms with Crippen molar-refractivity contribution < 1.29 is 32.9 Å². The Morgan fingerprint density at radius 3 is 2.53 bits per heavy atom. The number of halogens is 3. The van der Waals surface area contributed by atoms with Crippen molar-refractivity contribution in [2.75, 3.05) is 11.9 Å². The van der Waals surface area contributed by atoms with Crippen molar-refractivity contribution in [2.45, 2.75) is 45.1 Å². The summed E-state index contributed by atoms with van der Waals surface area (Å²) in [5.41, 5.74) is -2.07. The van der Waals surface area contributed by atoms with Crippen molar-refractivity contribution in [3.63, 3.8) is 0 Å². The summed E-state index contributed by atoms with van der Waals surface area (Å²) in [5, 5.41) is 23.1. The summed E-state index contributed by atoms with van der Waals surface area (Å²) in [6, 6.07) is 6.08. The number of carboxylic acids is 1. The maximum absolute atomic E-state index is 12.9. The lowest BCUT2D eigenvalue weighted by atomic mass is 10.1. The van der Waals surface area contributed by atoms with Gasteiger partial charge in [-0.25, -0.2) is 19.7 Å². The van der Waals surface area contributed by atoms with E-state index in [9.17, 15) is 28.2 Å². The van der Waals surface area contributed by atoms with Gasteiger partial charge in [0.1, 0.15) is 16.3 Å². The quantitative estimate of drug-likeness (QED) is 0.409. The van der Waals surface area contributed by atoms with E-state index in [4.69, 9.17) is 4.74 Å². The van der Waals surface area contributed by atoms with Crippen LogP contribution in [0.4, 0.5) is 24.8 Å². The van der Waals surface area contributed by atoms with E-state index in [1.165, 1.54) is 32.1 Å². The van der Waals surface area contributed by atoms with Crippen LogP contribution in [0.3, 0.4) is 0 Å². The van der Waals surface area contributed by atoms with Crippen molar-refractivity contribution in [1.29, 1.82) is 0 Å². The van der Waals surface area contributed by atoms with Gasteiger partial charge in [-0.3, -0.25) is 0 Å².